The number of thiophene rings is 1. The molecule has 0 bridgehead atoms. The maximum atomic E-state index is 11.9. The lowest BCUT2D eigenvalue weighted by atomic mass is 10.3. The molecule has 6 nitrogen and oxygen atoms in total. The second-order valence-electron chi connectivity index (χ2n) is 4.71. The van der Waals surface area contributed by atoms with Crippen LogP contribution in [0.25, 0.3) is 6.08 Å². The minimum Gasteiger partial charge on any atom is -0.478 e. The minimum absolute atomic E-state index is 0.00977. The number of hydrogen-bond acceptors (Lipinski definition) is 5. The van der Waals surface area contributed by atoms with Crippen LogP contribution in [-0.4, -0.2) is 38.0 Å². The Labute approximate surface area is 127 Å². The van der Waals surface area contributed by atoms with E-state index in [1.807, 2.05) is 0 Å². The predicted octanol–water partition coefficient (Wildman–Crippen LogP) is 1.44. The monoisotopic (exact) mass is 331 g/mol. The van der Waals surface area contributed by atoms with E-state index in [1.165, 1.54) is 17.4 Å². The summed E-state index contributed by atoms with van der Waals surface area (Å²) in [7, 11) is -3.36. The van der Waals surface area contributed by atoms with Crippen molar-refractivity contribution in [1.82, 2.24) is 4.72 Å². The first kappa shape index (κ1) is 16.2. The fraction of sp³-hybridized carbons (Fsp3) is 0.462. The summed E-state index contributed by atoms with van der Waals surface area (Å²) in [6.07, 6.45) is 4.02. The van der Waals surface area contributed by atoms with E-state index < -0.39 is 16.0 Å². The molecular formula is C13H17NO5S2. The van der Waals surface area contributed by atoms with Gasteiger partial charge in [0, 0.05) is 29.0 Å². The third kappa shape index (κ3) is 5.58. The van der Waals surface area contributed by atoms with Crippen LogP contribution in [0, 0.1) is 0 Å². The average Bonchev–Trinajstić information content (AvgIpc) is 3.05. The molecule has 2 heterocycles. The summed E-state index contributed by atoms with van der Waals surface area (Å²) in [6.45, 7) is 0.838. The number of ether oxygens (including phenoxy) is 1. The second kappa shape index (κ2) is 7.17. The molecule has 21 heavy (non-hydrogen) atoms. The summed E-state index contributed by atoms with van der Waals surface area (Å²) in [6, 6.07) is 3.54. The molecule has 1 aromatic heterocycles. The van der Waals surface area contributed by atoms with Crippen LogP contribution in [0.15, 0.2) is 18.2 Å². The van der Waals surface area contributed by atoms with Crippen molar-refractivity contribution in [3.63, 3.8) is 0 Å². The maximum Gasteiger partial charge on any atom is 0.328 e. The number of carbonyl (C=O) groups is 1. The zero-order chi connectivity index (χ0) is 15.3. The van der Waals surface area contributed by atoms with Gasteiger partial charge in [-0.15, -0.1) is 11.3 Å². The normalized spacial score (nSPS) is 19.3. The largest absolute Gasteiger partial charge is 0.478 e. The fourth-order valence-electron chi connectivity index (χ4n) is 1.99. The van der Waals surface area contributed by atoms with Crippen molar-refractivity contribution in [2.45, 2.75) is 25.5 Å². The van der Waals surface area contributed by atoms with Crippen LogP contribution in [0.5, 0.6) is 0 Å². The van der Waals surface area contributed by atoms with Gasteiger partial charge in [-0.1, -0.05) is 0 Å². The second-order valence-corrected chi connectivity index (χ2v) is 7.76. The Morgan fingerprint density at radius 2 is 2.33 bits per heavy atom. The molecule has 1 saturated heterocycles. The van der Waals surface area contributed by atoms with E-state index in [4.69, 9.17) is 9.84 Å². The molecule has 1 atom stereocenters. The van der Waals surface area contributed by atoms with Gasteiger partial charge in [-0.05, 0) is 31.1 Å². The van der Waals surface area contributed by atoms with Gasteiger partial charge >= 0.3 is 5.97 Å². The van der Waals surface area contributed by atoms with Crippen molar-refractivity contribution in [2.24, 2.45) is 0 Å². The Hall–Kier alpha value is -1.22. The van der Waals surface area contributed by atoms with Crippen molar-refractivity contribution < 1.29 is 23.1 Å². The van der Waals surface area contributed by atoms with E-state index in [1.54, 1.807) is 12.1 Å². The number of aliphatic carboxylic acids is 1. The first-order chi connectivity index (χ1) is 9.94. The van der Waals surface area contributed by atoms with Crippen molar-refractivity contribution in [2.75, 3.05) is 12.4 Å². The van der Waals surface area contributed by atoms with Crippen molar-refractivity contribution in [3.05, 3.63) is 28.0 Å². The minimum atomic E-state index is -3.36. The third-order valence-corrected chi connectivity index (χ3v) is 5.41. The van der Waals surface area contributed by atoms with E-state index >= 15 is 0 Å². The summed E-state index contributed by atoms with van der Waals surface area (Å²) in [4.78, 5) is 12.0. The first-order valence-electron chi connectivity index (χ1n) is 6.53. The number of carboxylic acids is 1. The fourth-order valence-corrected chi connectivity index (χ4v) is 4.19. The molecule has 0 spiro atoms. The predicted molar refractivity (Wildman–Crippen MR) is 80.6 cm³/mol. The molecule has 2 rings (SSSR count). The van der Waals surface area contributed by atoms with Crippen molar-refractivity contribution in [1.29, 1.82) is 0 Å². The Morgan fingerprint density at radius 3 is 3.00 bits per heavy atom. The standard InChI is InChI=1S/C13H17NO5S2/c15-13(16)6-5-11-3-4-12(20-11)8-14-21(17,18)9-10-2-1-7-19-10/h3-6,10,14H,1-2,7-9H2,(H,15,16). The summed E-state index contributed by atoms with van der Waals surface area (Å²) < 4.78 is 31.7. The highest BCUT2D eigenvalue weighted by Crippen LogP contribution is 2.18. The van der Waals surface area contributed by atoms with Crippen LogP contribution in [0.1, 0.15) is 22.6 Å². The Balaban J connectivity index is 1.85. The smallest absolute Gasteiger partial charge is 0.328 e. The van der Waals surface area contributed by atoms with E-state index in [0.29, 0.717) is 6.61 Å². The Bertz CT molecular complexity index is 614. The van der Waals surface area contributed by atoms with Crippen LogP contribution in [-0.2, 0) is 26.1 Å². The van der Waals surface area contributed by atoms with Gasteiger partial charge in [0.25, 0.3) is 0 Å². The molecule has 8 heteroatoms. The maximum absolute atomic E-state index is 11.9. The molecule has 0 aromatic carbocycles. The molecule has 116 valence electrons. The average molecular weight is 331 g/mol. The van der Waals surface area contributed by atoms with E-state index in [0.717, 1.165) is 28.7 Å². The SMILES string of the molecule is O=C(O)C=Cc1ccc(CNS(=O)(=O)CC2CCCO2)s1. The number of carboxylic acid groups (broad SMARTS) is 1. The zero-order valence-corrected chi connectivity index (χ0v) is 13.0. The van der Waals surface area contributed by atoms with Gasteiger partial charge in [0.15, 0.2) is 0 Å². The van der Waals surface area contributed by atoms with Gasteiger partial charge < -0.3 is 9.84 Å². The summed E-state index contributed by atoms with van der Waals surface area (Å²) in [5.41, 5.74) is 0. The molecule has 1 aliphatic heterocycles. The number of sulfonamides is 1. The van der Waals surface area contributed by atoms with E-state index in [9.17, 15) is 13.2 Å². The van der Waals surface area contributed by atoms with Crippen LogP contribution >= 0.6 is 11.3 Å². The molecule has 2 N–H and O–H groups in total. The lowest BCUT2D eigenvalue weighted by Gasteiger charge is -2.10. The highest BCUT2D eigenvalue weighted by molar-refractivity contribution is 7.89. The van der Waals surface area contributed by atoms with Gasteiger partial charge in [-0.25, -0.2) is 17.9 Å². The van der Waals surface area contributed by atoms with Gasteiger partial charge in [-0.2, -0.15) is 0 Å². The molecule has 0 aliphatic carbocycles. The molecule has 1 aliphatic rings. The molecular weight excluding hydrogens is 314 g/mol. The summed E-state index contributed by atoms with van der Waals surface area (Å²) >= 11 is 1.35. The van der Waals surface area contributed by atoms with Crippen LogP contribution in [0.4, 0.5) is 0 Å². The van der Waals surface area contributed by atoms with Crippen LogP contribution in [0.3, 0.4) is 0 Å². The molecule has 0 radical (unpaired) electrons. The number of nitrogens with one attached hydrogen (secondary N) is 1. The van der Waals surface area contributed by atoms with Crippen LogP contribution < -0.4 is 4.72 Å². The summed E-state index contributed by atoms with van der Waals surface area (Å²) in [5.74, 6) is -1.02. The van der Waals surface area contributed by atoms with E-state index in [-0.39, 0.29) is 18.4 Å². The number of hydrogen-bond donors (Lipinski definition) is 2. The lowest BCUT2D eigenvalue weighted by molar-refractivity contribution is -0.131. The Morgan fingerprint density at radius 1 is 1.52 bits per heavy atom. The van der Waals surface area contributed by atoms with Gasteiger partial charge in [0.2, 0.25) is 10.0 Å². The highest BCUT2D eigenvalue weighted by atomic mass is 32.2. The highest BCUT2D eigenvalue weighted by Gasteiger charge is 2.23. The molecule has 1 unspecified atom stereocenters. The summed E-state index contributed by atoms with van der Waals surface area (Å²) in [5, 5.41) is 8.54. The number of rotatable bonds is 7. The zero-order valence-electron chi connectivity index (χ0n) is 11.3. The lowest BCUT2D eigenvalue weighted by Crippen LogP contribution is -2.31. The van der Waals surface area contributed by atoms with Gasteiger partial charge in [-0.3, -0.25) is 0 Å². The van der Waals surface area contributed by atoms with E-state index in [2.05, 4.69) is 4.72 Å². The quantitative estimate of drug-likeness (QED) is 0.738. The molecule has 1 fully saturated rings. The topological polar surface area (TPSA) is 92.7 Å². The van der Waals surface area contributed by atoms with Gasteiger partial charge in [0.1, 0.15) is 0 Å². The first-order valence-corrected chi connectivity index (χ1v) is 9.00. The van der Waals surface area contributed by atoms with Crippen molar-refractivity contribution in [3.8, 4) is 0 Å². The molecule has 1 aromatic rings. The van der Waals surface area contributed by atoms with Gasteiger partial charge in [0.05, 0.1) is 11.9 Å². The molecule has 0 saturated carbocycles. The third-order valence-electron chi connectivity index (χ3n) is 2.97. The van der Waals surface area contributed by atoms with Crippen LogP contribution in [0.2, 0.25) is 0 Å². The Kier molecular flexibility index (Phi) is 5.51. The molecule has 0 amide bonds. The van der Waals surface area contributed by atoms with Crippen molar-refractivity contribution >= 4 is 33.4 Å².